The van der Waals surface area contributed by atoms with Crippen molar-refractivity contribution in [2.45, 2.75) is 12.2 Å². The largest absolute Gasteiger partial charge is 0.468 e. The first-order valence-corrected chi connectivity index (χ1v) is 6.04. The summed E-state index contributed by atoms with van der Waals surface area (Å²) in [6, 6.07) is 0. The molecule has 0 aromatic heterocycles. The average Bonchev–Trinajstić information content (AvgIpc) is 2.21. The molecule has 2 atom stereocenters. The predicted molar refractivity (Wildman–Crippen MR) is 58.2 cm³/mol. The summed E-state index contributed by atoms with van der Waals surface area (Å²) in [4.78, 5) is 11.1. The maximum atomic E-state index is 11.1. The Hall–Kier alpha value is -1.10. The van der Waals surface area contributed by atoms with Gasteiger partial charge in [-0.2, -0.15) is 8.42 Å². The topological polar surface area (TPSA) is 92.7 Å². The molecule has 0 spiro atoms. The second-order valence-electron chi connectivity index (χ2n) is 3.25. The molecule has 16 heavy (non-hydrogen) atoms. The molecule has 0 heterocycles. The molecule has 6 nitrogen and oxygen atoms in total. The zero-order valence-electron chi connectivity index (χ0n) is 9.13. The maximum absolute atomic E-state index is 11.1. The quantitative estimate of drug-likeness (QED) is 0.366. The molecule has 2 unspecified atom stereocenters. The molecule has 0 amide bonds. The number of nitrogens with one attached hydrogen (secondary N) is 1. The lowest BCUT2D eigenvalue weighted by molar-refractivity contribution is -0.140. The summed E-state index contributed by atoms with van der Waals surface area (Å²) in [5.41, 5.74) is 0. The van der Waals surface area contributed by atoms with Crippen molar-refractivity contribution in [2.24, 2.45) is 5.92 Å². The van der Waals surface area contributed by atoms with Crippen LogP contribution in [0.5, 0.6) is 0 Å². The van der Waals surface area contributed by atoms with Gasteiger partial charge in [-0.1, -0.05) is 6.92 Å². The van der Waals surface area contributed by atoms with Crippen LogP contribution < -0.4 is 5.32 Å². The Morgan fingerprint density at radius 1 is 1.56 bits per heavy atom. The highest BCUT2D eigenvalue weighted by Gasteiger charge is 2.31. The van der Waals surface area contributed by atoms with Gasteiger partial charge in [0.1, 0.15) is 0 Å². The van der Waals surface area contributed by atoms with Crippen LogP contribution in [-0.2, 0) is 19.6 Å². The molecular weight excluding hydrogens is 234 g/mol. The summed E-state index contributed by atoms with van der Waals surface area (Å²) in [5, 5.41) is 1.05. The molecule has 0 aliphatic heterocycles. The monoisotopic (exact) mass is 249 g/mol. The normalized spacial score (nSPS) is 14.9. The molecule has 0 aliphatic rings. The molecule has 0 rings (SSSR count). The Bertz CT molecular complexity index is 370. The molecule has 0 fully saturated rings. The Morgan fingerprint density at radius 2 is 2.12 bits per heavy atom. The zero-order valence-corrected chi connectivity index (χ0v) is 9.95. The minimum absolute atomic E-state index is 0.0975. The Kier molecular flexibility index (Phi) is 6.03. The number of carbonyl (C=O) groups is 1. The third kappa shape index (κ3) is 5.11. The van der Waals surface area contributed by atoms with Crippen molar-refractivity contribution in [3.63, 3.8) is 0 Å². The van der Waals surface area contributed by atoms with Crippen molar-refractivity contribution in [1.29, 1.82) is 0 Å². The zero-order chi connectivity index (χ0) is 12.8. The van der Waals surface area contributed by atoms with Gasteiger partial charge in [-0.15, -0.1) is 12.3 Å². The molecule has 0 bridgehead atoms. The third-order valence-corrected chi connectivity index (χ3v) is 2.97. The van der Waals surface area contributed by atoms with Gasteiger partial charge in [0.05, 0.1) is 7.11 Å². The van der Waals surface area contributed by atoms with Gasteiger partial charge in [0.25, 0.3) is 10.1 Å². The fourth-order valence-corrected chi connectivity index (χ4v) is 1.60. The van der Waals surface area contributed by atoms with E-state index < -0.39 is 21.3 Å². The smallest absolute Gasteiger partial charge is 0.327 e. The SMILES string of the molecule is C#CC(C)CNCC(C(=O)OC)S(=O)(=O)O. The van der Waals surface area contributed by atoms with Crippen LogP contribution in [0.25, 0.3) is 0 Å². The Balaban J connectivity index is 4.38. The van der Waals surface area contributed by atoms with E-state index in [1.54, 1.807) is 6.92 Å². The highest BCUT2D eigenvalue weighted by Crippen LogP contribution is 2.00. The molecular formula is C9H15NO5S. The Morgan fingerprint density at radius 3 is 2.50 bits per heavy atom. The number of hydrogen-bond donors (Lipinski definition) is 2. The first-order valence-electron chi connectivity index (χ1n) is 4.54. The number of rotatable bonds is 6. The second kappa shape index (κ2) is 6.48. The van der Waals surface area contributed by atoms with Crippen molar-refractivity contribution in [2.75, 3.05) is 20.2 Å². The van der Waals surface area contributed by atoms with Gasteiger partial charge in [0.15, 0.2) is 5.25 Å². The van der Waals surface area contributed by atoms with Crippen LogP contribution in [0.4, 0.5) is 0 Å². The minimum atomic E-state index is -4.47. The molecule has 0 aromatic carbocycles. The lowest BCUT2D eigenvalue weighted by Crippen LogP contribution is -2.41. The van der Waals surface area contributed by atoms with Gasteiger partial charge in [0.2, 0.25) is 0 Å². The van der Waals surface area contributed by atoms with E-state index in [0.717, 1.165) is 7.11 Å². The van der Waals surface area contributed by atoms with Crippen molar-refractivity contribution in [3.05, 3.63) is 0 Å². The lowest BCUT2D eigenvalue weighted by Gasteiger charge is -2.13. The molecule has 0 aliphatic carbocycles. The average molecular weight is 249 g/mol. The van der Waals surface area contributed by atoms with Gasteiger partial charge in [-0.3, -0.25) is 9.35 Å². The van der Waals surface area contributed by atoms with E-state index >= 15 is 0 Å². The van der Waals surface area contributed by atoms with Gasteiger partial charge in [0, 0.05) is 19.0 Å². The van der Waals surface area contributed by atoms with Crippen LogP contribution in [-0.4, -0.2) is 44.4 Å². The van der Waals surface area contributed by atoms with Gasteiger partial charge < -0.3 is 10.1 Å². The van der Waals surface area contributed by atoms with E-state index in [9.17, 15) is 13.2 Å². The number of carbonyl (C=O) groups excluding carboxylic acids is 1. The summed E-state index contributed by atoms with van der Waals surface area (Å²) in [6.07, 6.45) is 5.11. The second-order valence-corrected chi connectivity index (χ2v) is 4.85. The predicted octanol–water partition coefficient (Wildman–Crippen LogP) is -0.725. The number of ether oxygens (including phenoxy) is 1. The van der Waals surface area contributed by atoms with Crippen molar-refractivity contribution in [1.82, 2.24) is 5.32 Å². The van der Waals surface area contributed by atoms with Gasteiger partial charge in [-0.05, 0) is 0 Å². The summed E-state index contributed by atoms with van der Waals surface area (Å²) >= 11 is 0. The van der Waals surface area contributed by atoms with Crippen LogP contribution in [0.2, 0.25) is 0 Å². The van der Waals surface area contributed by atoms with Crippen LogP contribution in [0.1, 0.15) is 6.92 Å². The molecule has 0 radical (unpaired) electrons. The molecule has 7 heteroatoms. The fourth-order valence-electron chi connectivity index (χ4n) is 0.932. The summed E-state index contributed by atoms with van der Waals surface area (Å²) < 4.78 is 34.8. The van der Waals surface area contributed by atoms with Crippen LogP contribution in [0.3, 0.4) is 0 Å². The van der Waals surface area contributed by atoms with Crippen molar-refractivity contribution < 1.29 is 22.5 Å². The van der Waals surface area contributed by atoms with E-state index in [0.29, 0.717) is 6.54 Å². The lowest BCUT2D eigenvalue weighted by atomic mass is 10.2. The summed E-state index contributed by atoms with van der Waals surface area (Å²) in [5.74, 6) is 1.32. The maximum Gasteiger partial charge on any atom is 0.327 e. The summed E-state index contributed by atoms with van der Waals surface area (Å²) in [7, 11) is -3.42. The van der Waals surface area contributed by atoms with Gasteiger partial charge in [-0.25, -0.2) is 0 Å². The van der Waals surface area contributed by atoms with Gasteiger partial charge >= 0.3 is 5.97 Å². The number of methoxy groups -OCH3 is 1. The first-order chi connectivity index (χ1) is 7.32. The molecule has 0 saturated carbocycles. The highest BCUT2D eigenvalue weighted by molar-refractivity contribution is 7.87. The molecule has 0 saturated heterocycles. The van der Waals surface area contributed by atoms with Crippen molar-refractivity contribution in [3.8, 4) is 12.3 Å². The van der Waals surface area contributed by atoms with E-state index in [4.69, 9.17) is 11.0 Å². The number of terminal acetylenes is 1. The third-order valence-electron chi connectivity index (χ3n) is 1.89. The van der Waals surface area contributed by atoms with E-state index in [2.05, 4.69) is 16.0 Å². The number of esters is 1. The fraction of sp³-hybridized carbons (Fsp3) is 0.667. The van der Waals surface area contributed by atoms with E-state index in [1.807, 2.05) is 0 Å². The molecule has 92 valence electrons. The highest BCUT2D eigenvalue weighted by atomic mass is 32.2. The summed E-state index contributed by atoms with van der Waals surface area (Å²) in [6.45, 7) is 1.87. The Labute approximate surface area is 95.1 Å². The number of hydrogen-bond acceptors (Lipinski definition) is 5. The standard InChI is InChI=1S/C9H15NO5S/c1-4-7(2)5-10-6-8(9(11)15-3)16(12,13)14/h1,7-8,10H,5-6H2,2-3H3,(H,12,13,14). The molecule has 0 aromatic rings. The first kappa shape index (κ1) is 14.9. The van der Waals surface area contributed by atoms with Crippen LogP contribution in [0, 0.1) is 18.3 Å². The van der Waals surface area contributed by atoms with Crippen LogP contribution in [0.15, 0.2) is 0 Å². The van der Waals surface area contributed by atoms with E-state index in [1.165, 1.54) is 0 Å². The van der Waals surface area contributed by atoms with E-state index in [-0.39, 0.29) is 12.5 Å². The minimum Gasteiger partial charge on any atom is -0.468 e. The van der Waals surface area contributed by atoms with Crippen LogP contribution >= 0.6 is 0 Å². The van der Waals surface area contributed by atoms with Crippen molar-refractivity contribution >= 4 is 16.1 Å². The molecule has 2 N–H and O–H groups in total.